The Morgan fingerprint density at radius 3 is 2.51 bits per heavy atom. The molecule has 1 atom stereocenters. The number of benzene rings is 4. The van der Waals surface area contributed by atoms with E-state index in [1.807, 2.05) is 18.0 Å². The van der Waals surface area contributed by atoms with E-state index in [4.69, 9.17) is 0 Å². The molecule has 0 aliphatic heterocycles. The molecule has 1 heterocycles. The molecule has 1 unspecified atom stereocenters. The van der Waals surface area contributed by atoms with Gasteiger partial charge in [0, 0.05) is 33.5 Å². The average Bonchev–Trinajstić information content (AvgIpc) is 2.98. The zero-order valence-electron chi connectivity index (χ0n) is 22.3. The molecule has 0 N–H and O–H groups in total. The normalized spacial score (nSPS) is 17.2. The molecule has 0 amide bonds. The first kappa shape index (κ1) is 23.0. The van der Waals surface area contributed by atoms with E-state index < -0.39 is 0 Å². The van der Waals surface area contributed by atoms with Crippen LogP contribution in [0.2, 0.25) is 0 Å². The molecule has 0 fully saturated rings. The van der Waals surface area contributed by atoms with E-state index in [2.05, 4.69) is 110 Å². The maximum absolute atomic E-state index is 4.67. The summed E-state index contributed by atoms with van der Waals surface area (Å²) in [4.78, 5) is 7.28. The molecule has 0 saturated heterocycles. The fourth-order valence-corrected chi connectivity index (χ4v) is 8.11. The smallest absolute Gasteiger partial charge is 0.0349 e. The van der Waals surface area contributed by atoms with Crippen LogP contribution in [0.4, 0.5) is 0 Å². The van der Waals surface area contributed by atoms with Gasteiger partial charge in [0.05, 0.1) is 0 Å². The summed E-state index contributed by atoms with van der Waals surface area (Å²) < 4.78 is 0. The van der Waals surface area contributed by atoms with Crippen LogP contribution < -0.4 is 0 Å². The van der Waals surface area contributed by atoms with E-state index >= 15 is 0 Å². The van der Waals surface area contributed by atoms with Crippen LogP contribution in [0.15, 0.2) is 101 Å². The number of pyridine rings is 1. The third-order valence-electron chi connectivity index (χ3n) is 8.96. The van der Waals surface area contributed by atoms with Crippen LogP contribution in [0.25, 0.3) is 38.8 Å². The van der Waals surface area contributed by atoms with Gasteiger partial charge in [-0.25, -0.2) is 0 Å². The monoisotopic (exact) mass is 519 g/mol. The second kappa shape index (κ2) is 8.83. The predicted molar refractivity (Wildman–Crippen MR) is 166 cm³/mol. The Hall–Kier alpha value is -3.88. The summed E-state index contributed by atoms with van der Waals surface area (Å²) in [6.07, 6.45) is 16.8. The first-order chi connectivity index (χ1) is 19.2. The van der Waals surface area contributed by atoms with Crippen molar-refractivity contribution < 1.29 is 0 Å². The van der Waals surface area contributed by atoms with Crippen molar-refractivity contribution in [3.8, 4) is 0 Å². The van der Waals surface area contributed by atoms with Crippen molar-refractivity contribution in [2.24, 2.45) is 0 Å². The Morgan fingerprint density at radius 1 is 0.769 bits per heavy atom. The minimum atomic E-state index is 0.302. The number of allylic oxidation sites excluding steroid dienone is 5. The lowest BCUT2D eigenvalue weighted by atomic mass is 9.70. The van der Waals surface area contributed by atoms with Gasteiger partial charge in [-0.1, -0.05) is 78.5 Å². The van der Waals surface area contributed by atoms with Gasteiger partial charge in [-0.3, -0.25) is 4.98 Å². The molecule has 1 nitrogen and oxygen atoms in total. The molecule has 0 spiro atoms. The molecule has 0 saturated carbocycles. The number of aromatic nitrogens is 1. The summed E-state index contributed by atoms with van der Waals surface area (Å²) in [7, 11) is 0. The summed E-state index contributed by atoms with van der Waals surface area (Å²) in [5, 5.41) is 5.26. The van der Waals surface area contributed by atoms with Gasteiger partial charge in [0.25, 0.3) is 0 Å². The Labute approximate surface area is 234 Å². The minimum Gasteiger partial charge on any atom is -0.264 e. The highest BCUT2D eigenvalue weighted by atomic mass is 32.2. The highest BCUT2D eigenvalue weighted by Gasteiger charge is 2.32. The van der Waals surface area contributed by atoms with Crippen molar-refractivity contribution >= 4 is 50.5 Å². The van der Waals surface area contributed by atoms with Crippen molar-refractivity contribution in [1.82, 2.24) is 4.98 Å². The lowest BCUT2D eigenvalue weighted by Crippen LogP contribution is -2.15. The van der Waals surface area contributed by atoms with E-state index in [1.165, 1.54) is 81.4 Å². The zero-order chi connectivity index (χ0) is 26.1. The third kappa shape index (κ3) is 3.51. The summed E-state index contributed by atoms with van der Waals surface area (Å²) in [5.41, 5.74) is 12.9. The zero-order valence-corrected chi connectivity index (χ0v) is 23.1. The molecule has 188 valence electrons. The highest BCUT2D eigenvalue weighted by Crippen LogP contribution is 2.52. The van der Waals surface area contributed by atoms with Crippen molar-refractivity contribution in [1.29, 1.82) is 0 Å². The topological polar surface area (TPSA) is 12.9 Å². The van der Waals surface area contributed by atoms with Crippen molar-refractivity contribution in [3.05, 3.63) is 130 Å². The van der Waals surface area contributed by atoms with Crippen LogP contribution in [0.3, 0.4) is 0 Å². The number of hydrogen-bond donors (Lipinski definition) is 0. The summed E-state index contributed by atoms with van der Waals surface area (Å²) >= 11 is 1.88. The fourth-order valence-electron chi connectivity index (χ4n) is 6.93. The van der Waals surface area contributed by atoms with Crippen molar-refractivity contribution in [3.63, 3.8) is 0 Å². The van der Waals surface area contributed by atoms with E-state index in [0.29, 0.717) is 5.92 Å². The average molecular weight is 520 g/mol. The maximum Gasteiger partial charge on any atom is 0.0349 e. The van der Waals surface area contributed by atoms with Crippen LogP contribution in [0.5, 0.6) is 0 Å². The molecule has 3 aliphatic carbocycles. The SMILES string of the molecule is Cc1ccc(Sc2c3ccccc3c(C3CC=C4CC=C5CC=Cc6ccc3c4c65)c3cnccc23)cc1C. The number of nitrogens with zero attached hydrogens (tertiary/aromatic N) is 1. The van der Waals surface area contributed by atoms with Crippen LogP contribution in [-0.4, -0.2) is 4.98 Å². The lowest BCUT2D eigenvalue weighted by molar-refractivity contribution is 0.822. The van der Waals surface area contributed by atoms with E-state index in [0.717, 1.165) is 19.3 Å². The number of hydrogen-bond acceptors (Lipinski definition) is 2. The molecule has 5 aromatic rings. The van der Waals surface area contributed by atoms with Gasteiger partial charge in [-0.2, -0.15) is 0 Å². The van der Waals surface area contributed by atoms with Crippen molar-refractivity contribution in [2.75, 3.05) is 0 Å². The Balaban J connectivity index is 1.39. The van der Waals surface area contributed by atoms with Crippen molar-refractivity contribution in [2.45, 2.75) is 48.8 Å². The molecule has 39 heavy (non-hydrogen) atoms. The van der Waals surface area contributed by atoms with Crippen LogP contribution in [0, 0.1) is 13.8 Å². The van der Waals surface area contributed by atoms with Crippen LogP contribution in [-0.2, 0) is 0 Å². The summed E-state index contributed by atoms with van der Waals surface area (Å²) in [5.74, 6) is 0.302. The first-order valence-electron chi connectivity index (χ1n) is 13.9. The van der Waals surface area contributed by atoms with Gasteiger partial charge in [0.15, 0.2) is 0 Å². The standard InChI is InChI=1S/C37H29NS/c1-22-10-15-27(20-23(22)2)39-37-31-9-4-3-8-28(31)36(33-21-38-19-18-32(33)37)30-17-14-26-12-11-24-6-5-7-25-13-16-29(30)35(26)34(24)25/h3-5,7-11,13-16,18-21,30H,6,12,17H2,1-2H3. The molecule has 0 bridgehead atoms. The van der Waals surface area contributed by atoms with Gasteiger partial charge in [-0.15, -0.1) is 0 Å². The largest absolute Gasteiger partial charge is 0.264 e. The number of fused-ring (bicyclic) bond motifs is 2. The maximum atomic E-state index is 4.67. The van der Waals surface area contributed by atoms with E-state index in [9.17, 15) is 0 Å². The second-order valence-electron chi connectivity index (χ2n) is 11.1. The van der Waals surface area contributed by atoms with Crippen LogP contribution >= 0.6 is 11.8 Å². The van der Waals surface area contributed by atoms with Crippen LogP contribution in [0.1, 0.15) is 64.1 Å². The Kier molecular flexibility index (Phi) is 5.22. The molecule has 1 aromatic heterocycles. The molecule has 2 heteroatoms. The molecule has 4 aromatic carbocycles. The fraction of sp³-hybridized carbons (Fsp3) is 0.162. The summed E-state index contributed by atoms with van der Waals surface area (Å²) in [6.45, 7) is 4.39. The summed E-state index contributed by atoms with van der Waals surface area (Å²) in [6, 6.07) is 22.8. The molecule has 3 aliphatic rings. The Bertz CT molecular complexity index is 1880. The van der Waals surface area contributed by atoms with Gasteiger partial charge in [-0.05, 0) is 118 Å². The Morgan fingerprint density at radius 2 is 1.62 bits per heavy atom. The highest BCUT2D eigenvalue weighted by molar-refractivity contribution is 7.99. The molecular weight excluding hydrogens is 490 g/mol. The lowest BCUT2D eigenvalue weighted by Gasteiger charge is -2.34. The molecule has 0 radical (unpaired) electrons. The predicted octanol–water partition coefficient (Wildman–Crippen LogP) is 10.3. The third-order valence-corrected chi connectivity index (χ3v) is 10.1. The van der Waals surface area contributed by atoms with Gasteiger partial charge < -0.3 is 0 Å². The number of rotatable bonds is 3. The van der Waals surface area contributed by atoms with E-state index in [1.54, 1.807) is 0 Å². The van der Waals surface area contributed by atoms with Gasteiger partial charge >= 0.3 is 0 Å². The van der Waals surface area contributed by atoms with Gasteiger partial charge in [0.2, 0.25) is 0 Å². The number of aryl methyl sites for hydroxylation is 2. The molecular formula is C37H29NS. The minimum absolute atomic E-state index is 0.302. The quantitative estimate of drug-likeness (QED) is 0.220. The van der Waals surface area contributed by atoms with Gasteiger partial charge in [0.1, 0.15) is 0 Å². The molecule has 8 rings (SSSR count). The van der Waals surface area contributed by atoms with E-state index in [-0.39, 0.29) is 0 Å². The second-order valence-corrected chi connectivity index (χ2v) is 12.2. The first-order valence-corrected chi connectivity index (χ1v) is 14.7.